The van der Waals surface area contributed by atoms with Crippen molar-refractivity contribution in [3.05, 3.63) is 126 Å². The molecular formula is C30H21FN2O2. The number of halogens is 1. The summed E-state index contributed by atoms with van der Waals surface area (Å²) in [5.41, 5.74) is 6.44. The van der Waals surface area contributed by atoms with Crippen molar-refractivity contribution in [3.63, 3.8) is 0 Å². The van der Waals surface area contributed by atoms with Crippen LogP contribution in [-0.2, 0) is 6.54 Å². The fraction of sp³-hybridized carbons (Fsp3) is 0.0333. The van der Waals surface area contributed by atoms with Crippen LogP contribution in [-0.4, -0.2) is 20.2 Å². The molecule has 5 heteroatoms. The van der Waals surface area contributed by atoms with Gasteiger partial charge in [0, 0.05) is 30.1 Å². The van der Waals surface area contributed by atoms with Crippen LogP contribution in [0.1, 0.15) is 15.9 Å². The van der Waals surface area contributed by atoms with Crippen LogP contribution in [0.5, 0.6) is 0 Å². The fourth-order valence-corrected chi connectivity index (χ4v) is 4.64. The van der Waals surface area contributed by atoms with Crippen LogP contribution in [0.15, 0.2) is 109 Å². The smallest absolute Gasteiger partial charge is 0.335 e. The average molecular weight is 461 g/mol. The lowest BCUT2D eigenvalue weighted by molar-refractivity contribution is 0.0696. The zero-order valence-corrected chi connectivity index (χ0v) is 18.7. The Morgan fingerprint density at radius 2 is 1.43 bits per heavy atom. The van der Waals surface area contributed by atoms with Gasteiger partial charge in [0.1, 0.15) is 5.82 Å². The number of carboxylic acids is 1. The van der Waals surface area contributed by atoms with E-state index in [9.17, 15) is 14.3 Å². The van der Waals surface area contributed by atoms with Crippen molar-refractivity contribution >= 4 is 27.8 Å². The molecule has 2 aromatic heterocycles. The third kappa shape index (κ3) is 3.87. The van der Waals surface area contributed by atoms with Gasteiger partial charge in [0.2, 0.25) is 0 Å². The second-order valence-electron chi connectivity index (χ2n) is 8.66. The summed E-state index contributed by atoms with van der Waals surface area (Å²) in [6.45, 7) is 0.584. The van der Waals surface area contributed by atoms with Gasteiger partial charge in [-0.15, -0.1) is 0 Å². The highest BCUT2D eigenvalue weighted by Gasteiger charge is 2.10. The molecule has 1 N–H and O–H groups in total. The maximum absolute atomic E-state index is 13.4. The van der Waals surface area contributed by atoms with E-state index in [-0.39, 0.29) is 11.4 Å². The quantitative estimate of drug-likeness (QED) is 0.297. The zero-order chi connectivity index (χ0) is 23.9. The zero-order valence-electron chi connectivity index (χ0n) is 18.7. The van der Waals surface area contributed by atoms with E-state index in [4.69, 9.17) is 0 Å². The molecule has 0 saturated carbocycles. The molecule has 0 saturated heterocycles. The SMILES string of the molecule is O=C(O)c1cccc(Cn2ccc3ccc(-c4ccc5ccn(-c6ccc(F)cc6)c5c4)cc32)c1. The molecular weight excluding hydrogens is 439 g/mol. The van der Waals surface area contributed by atoms with Crippen LogP contribution in [0.2, 0.25) is 0 Å². The first kappa shape index (κ1) is 20.9. The Bertz CT molecular complexity index is 1710. The van der Waals surface area contributed by atoms with Gasteiger partial charge in [-0.2, -0.15) is 0 Å². The Labute approximate surface area is 201 Å². The number of rotatable bonds is 5. The lowest BCUT2D eigenvalue weighted by atomic mass is 10.0. The number of carboxylic acid groups (broad SMARTS) is 1. The summed E-state index contributed by atoms with van der Waals surface area (Å²) in [5, 5.41) is 11.5. The van der Waals surface area contributed by atoms with Crippen LogP contribution < -0.4 is 0 Å². The second kappa shape index (κ2) is 8.29. The largest absolute Gasteiger partial charge is 0.478 e. The summed E-state index contributed by atoms with van der Waals surface area (Å²) >= 11 is 0. The molecule has 0 spiro atoms. The molecule has 0 radical (unpaired) electrons. The van der Waals surface area contributed by atoms with Gasteiger partial charge in [-0.3, -0.25) is 0 Å². The molecule has 0 atom stereocenters. The number of hydrogen-bond donors (Lipinski definition) is 1. The fourth-order valence-electron chi connectivity index (χ4n) is 4.64. The van der Waals surface area contributed by atoms with Crippen molar-refractivity contribution in [1.29, 1.82) is 0 Å². The molecule has 0 amide bonds. The van der Waals surface area contributed by atoms with E-state index in [0.29, 0.717) is 6.54 Å². The van der Waals surface area contributed by atoms with Crippen LogP contribution in [0.3, 0.4) is 0 Å². The van der Waals surface area contributed by atoms with Crippen molar-refractivity contribution in [2.75, 3.05) is 0 Å². The maximum Gasteiger partial charge on any atom is 0.335 e. The molecule has 0 aliphatic rings. The topological polar surface area (TPSA) is 47.2 Å². The molecule has 4 aromatic carbocycles. The first-order chi connectivity index (χ1) is 17.0. The summed E-state index contributed by atoms with van der Waals surface area (Å²) in [6.07, 6.45) is 4.03. The van der Waals surface area contributed by atoms with Crippen molar-refractivity contribution in [1.82, 2.24) is 9.13 Å². The predicted molar refractivity (Wildman–Crippen MR) is 137 cm³/mol. The number of aromatic nitrogens is 2. The minimum absolute atomic E-state index is 0.253. The first-order valence-corrected chi connectivity index (χ1v) is 11.3. The first-order valence-electron chi connectivity index (χ1n) is 11.3. The lowest BCUT2D eigenvalue weighted by Gasteiger charge is -2.10. The van der Waals surface area contributed by atoms with E-state index in [1.54, 1.807) is 30.3 Å². The van der Waals surface area contributed by atoms with E-state index >= 15 is 0 Å². The van der Waals surface area contributed by atoms with Gasteiger partial charge in [0.25, 0.3) is 0 Å². The van der Waals surface area contributed by atoms with E-state index in [2.05, 4.69) is 57.7 Å². The van der Waals surface area contributed by atoms with Gasteiger partial charge in [0.15, 0.2) is 0 Å². The molecule has 35 heavy (non-hydrogen) atoms. The highest BCUT2D eigenvalue weighted by atomic mass is 19.1. The summed E-state index contributed by atoms with van der Waals surface area (Å²) in [4.78, 5) is 11.3. The summed E-state index contributed by atoms with van der Waals surface area (Å²) in [5.74, 6) is -1.18. The maximum atomic E-state index is 13.4. The number of aromatic carboxylic acids is 1. The molecule has 0 fully saturated rings. The number of fused-ring (bicyclic) bond motifs is 2. The number of carbonyl (C=O) groups is 1. The highest BCUT2D eigenvalue weighted by molar-refractivity contribution is 5.90. The molecule has 0 aliphatic heterocycles. The van der Waals surface area contributed by atoms with Gasteiger partial charge in [0.05, 0.1) is 11.1 Å². The molecule has 4 nitrogen and oxygen atoms in total. The number of benzene rings is 4. The van der Waals surface area contributed by atoms with Gasteiger partial charge in [-0.05, 0) is 88.1 Å². The van der Waals surface area contributed by atoms with E-state index in [1.165, 1.54) is 12.1 Å². The van der Waals surface area contributed by atoms with Gasteiger partial charge in [-0.25, -0.2) is 9.18 Å². The lowest BCUT2D eigenvalue weighted by Crippen LogP contribution is -2.01. The highest BCUT2D eigenvalue weighted by Crippen LogP contribution is 2.30. The van der Waals surface area contributed by atoms with Crippen LogP contribution in [0.25, 0.3) is 38.6 Å². The molecule has 0 bridgehead atoms. The third-order valence-electron chi connectivity index (χ3n) is 6.43. The molecule has 2 heterocycles. The number of nitrogens with zero attached hydrogens (tertiary/aromatic N) is 2. The van der Waals surface area contributed by atoms with Gasteiger partial charge < -0.3 is 14.2 Å². The van der Waals surface area contributed by atoms with Crippen LogP contribution in [0.4, 0.5) is 4.39 Å². The van der Waals surface area contributed by atoms with Crippen molar-refractivity contribution in [2.45, 2.75) is 6.54 Å². The summed E-state index contributed by atoms with van der Waals surface area (Å²) < 4.78 is 17.6. The average Bonchev–Trinajstić information content (AvgIpc) is 3.48. The van der Waals surface area contributed by atoms with Crippen molar-refractivity contribution in [2.24, 2.45) is 0 Å². The Kier molecular flexibility index (Phi) is 4.96. The Morgan fingerprint density at radius 1 is 0.743 bits per heavy atom. The monoisotopic (exact) mass is 460 g/mol. The molecule has 6 aromatic rings. The second-order valence-corrected chi connectivity index (χ2v) is 8.66. The normalized spacial score (nSPS) is 11.3. The minimum Gasteiger partial charge on any atom is -0.478 e. The number of hydrogen-bond acceptors (Lipinski definition) is 1. The molecule has 6 rings (SSSR count). The molecule has 0 aliphatic carbocycles. The van der Waals surface area contributed by atoms with E-state index < -0.39 is 5.97 Å². The third-order valence-corrected chi connectivity index (χ3v) is 6.43. The van der Waals surface area contributed by atoms with Crippen molar-refractivity contribution in [3.8, 4) is 16.8 Å². The Hall–Kier alpha value is -4.64. The predicted octanol–water partition coefficient (Wildman–Crippen LogP) is 7.14. The Balaban J connectivity index is 1.39. The molecule has 0 unspecified atom stereocenters. The molecule has 170 valence electrons. The van der Waals surface area contributed by atoms with Crippen LogP contribution >= 0.6 is 0 Å². The summed E-state index contributed by atoms with van der Waals surface area (Å²) in [7, 11) is 0. The van der Waals surface area contributed by atoms with Crippen LogP contribution in [0, 0.1) is 5.82 Å². The Morgan fingerprint density at radius 3 is 2.17 bits per heavy atom. The van der Waals surface area contributed by atoms with Gasteiger partial charge in [-0.1, -0.05) is 36.4 Å². The van der Waals surface area contributed by atoms with Crippen molar-refractivity contribution < 1.29 is 14.3 Å². The standard InChI is InChI=1S/C30H21FN2O2/c31-26-8-10-27(11-9-26)33-15-13-22-5-7-24(18-29(22)33)23-6-4-21-12-14-32(28(21)17-23)19-20-2-1-3-25(16-20)30(34)35/h1-18H,19H2,(H,34,35). The minimum atomic E-state index is -0.924. The summed E-state index contributed by atoms with van der Waals surface area (Å²) in [6, 6.07) is 30.4. The van der Waals surface area contributed by atoms with E-state index in [1.807, 2.05) is 18.5 Å². The van der Waals surface area contributed by atoms with Gasteiger partial charge >= 0.3 is 5.97 Å². The van der Waals surface area contributed by atoms with E-state index in [0.717, 1.165) is 44.2 Å².